The van der Waals surface area contributed by atoms with E-state index in [-0.39, 0.29) is 45.5 Å². The second-order valence-corrected chi connectivity index (χ2v) is 12.0. The molecule has 3 fully saturated rings. The summed E-state index contributed by atoms with van der Waals surface area (Å²) in [6.45, 7) is 0. The van der Waals surface area contributed by atoms with E-state index in [9.17, 15) is 19.5 Å². The molecule has 4 aliphatic rings. The van der Waals surface area contributed by atoms with Crippen LogP contribution in [0.5, 0.6) is 5.75 Å². The van der Waals surface area contributed by atoms with Gasteiger partial charge in [-0.2, -0.15) is 0 Å². The lowest BCUT2D eigenvalue weighted by atomic mass is 9.68. The van der Waals surface area contributed by atoms with Gasteiger partial charge in [0.2, 0.25) is 0 Å². The van der Waals surface area contributed by atoms with Crippen LogP contribution in [0.15, 0.2) is 30.9 Å². The molecule has 2 aliphatic heterocycles. The quantitative estimate of drug-likeness (QED) is 0.407. The number of carbonyl (C=O) groups is 2. The number of aromatic nitrogens is 1. The summed E-state index contributed by atoms with van der Waals surface area (Å²) in [6, 6.07) is 3.66. The summed E-state index contributed by atoms with van der Waals surface area (Å²) in [4.78, 5) is 40.6. The Balaban J connectivity index is 1.56. The Kier molecular flexibility index (Phi) is 3.99. The number of thioether (sulfide) groups is 1. The second-order valence-electron chi connectivity index (χ2n) is 8.03. The molecule has 150 valence electrons. The highest BCUT2D eigenvalue weighted by molar-refractivity contribution is 9.11. The Morgan fingerprint density at radius 2 is 1.83 bits per heavy atom. The van der Waals surface area contributed by atoms with Gasteiger partial charge in [0.15, 0.2) is 0 Å². The van der Waals surface area contributed by atoms with Gasteiger partial charge in [-0.3, -0.25) is 14.4 Å². The second kappa shape index (κ2) is 6.21. The minimum atomic E-state index is -0.414. The van der Waals surface area contributed by atoms with Crippen LogP contribution < -0.4 is 4.87 Å². The van der Waals surface area contributed by atoms with Crippen molar-refractivity contribution in [2.24, 2.45) is 29.6 Å². The number of H-pyrrole nitrogens is 1. The first-order valence-corrected chi connectivity index (χ1v) is 12.5. The highest BCUT2D eigenvalue weighted by Crippen LogP contribution is 2.68. The number of carbonyl (C=O) groups excluding carboxylic acids is 2. The Hall–Kier alpha value is -1.10. The molecule has 1 aromatic heterocycles. The molecule has 0 amide bonds. The van der Waals surface area contributed by atoms with E-state index in [1.807, 2.05) is 6.07 Å². The number of phenolic OH excluding ortho intramolecular Hbond substituents is 1. The van der Waals surface area contributed by atoms with Gasteiger partial charge in [0.25, 0.3) is 0 Å². The van der Waals surface area contributed by atoms with Crippen molar-refractivity contribution in [2.45, 2.75) is 22.6 Å². The maximum Gasteiger partial charge on any atom is 0.317 e. The van der Waals surface area contributed by atoms with Crippen LogP contribution >= 0.6 is 55.0 Å². The third kappa shape index (κ3) is 2.43. The summed E-state index contributed by atoms with van der Waals surface area (Å²) >= 11 is 9.69. The average molecular weight is 559 g/mol. The molecule has 2 saturated carbocycles. The van der Waals surface area contributed by atoms with Crippen molar-refractivity contribution in [3.63, 3.8) is 0 Å². The van der Waals surface area contributed by atoms with Crippen molar-refractivity contribution in [1.29, 1.82) is 0 Å². The molecule has 1 saturated heterocycles. The molecule has 0 unspecified atom stereocenters. The number of aromatic hydroxyl groups is 1. The molecule has 6 nitrogen and oxygen atoms in total. The van der Waals surface area contributed by atoms with E-state index in [2.05, 4.69) is 36.8 Å². The third-order valence-corrected chi connectivity index (χ3v) is 10.5. The Morgan fingerprint density at radius 1 is 1.10 bits per heavy atom. The van der Waals surface area contributed by atoms with Crippen molar-refractivity contribution in [3.8, 4) is 5.75 Å². The molecule has 3 heterocycles. The molecule has 10 heteroatoms. The number of benzene rings is 1. The lowest BCUT2D eigenvalue weighted by molar-refractivity contribution is -0.154. The zero-order chi connectivity index (χ0) is 20.2. The van der Waals surface area contributed by atoms with Crippen LogP contribution in [-0.4, -0.2) is 27.3 Å². The van der Waals surface area contributed by atoms with Gasteiger partial charge in [0.1, 0.15) is 5.75 Å². The minimum absolute atomic E-state index is 0.00559. The number of cyclic esters (lactones) is 2. The molecule has 7 atom stereocenters. The Bertz CT molecular complexity index is 1160. The molecule has 6 rings (SSSR count). The molecule has 0 spiro atoms. The monoisotopic (exact) mass is 557 g/mol. The molecular formula is C19H13Br2NO5S2. The number of ether oxygens (including phenoxy) is 1. The van der Waals surface area contributed by atoms with Crippen molar-refractivity contribution in [2.75, 3.05) is 0 Å². The van der Waals surface area contributed by atoms with Gasteiger partial charge in [-0.15, -0.1) is 11.8 Å². The molecular weight excluding hydrogens is 546 g/mol. The van der Waals surface area contributed by atoms with Gasteiger partial charge in [0, 0.05) is 26.1 Å². The van der Waals surface area contributed by atoms with E-state index in [1.54, 1.807) is 17.8 Å². The van der Waals surface area contributed by atoms with E-state index in [4.69, 9.17) is 4.74 Å². The van der Waals surface area contributed by atoms with Crippen LogP contribution in [0.2, 0.25) is 0 Å². The maximum atomic E-state index is 12.4. The van der Waals surface area contributed by atoms with Crippen molar-refractivity contribution in [3.05, 3.63) is 41.2 Å². The lowest BCUT2D eigenvalue weighted by Gasteiger charge is -2.42. The SMILES string of the molecule is O=C1OC(=O)[C@@H]2[C@H]3C[C@H]([C@@H]12)[C@@H]1[C@H](c2cc(Br)cc(Br)c2O)c2sc(=O)[nH]c2S[C@@H]31. The van der Waals surface area contributed by atoms with Gasteiger partial charge >= 0.3 is 16.8 Å². The first-order chi connectivity index (χ1) is 13.8. The largest absolute Gasteiger partial charge is 0.506 e. The number of aromatic amines is 1. The average Bonchev–Trinajstić information content (AvgIpc) is 3.37. The maximum absolute atomic E-state index is 12.4. The van der Waals surface area contributed by atoms with E-state index >= 15 is 0 Å². The van der Waals surface area contributed by atoms with Gasteiger partial charge in [-0.05, 0) is 52.2 Å². The lowest BCUT2D eigenvalue weighted by Crippen LogP contribution is -2.42. The number of fused-ring (bicyclic) bond motifs is 9. The van der Waals surface area contributed by atoms with E-state index < -0.39 is 17.9 Å². The summed E-state index contributed by atoms with van der Waals surface area (Å²) in [5.41, 5.74) is 0.722. The smallest absolute Gasteiger partial charge is 0.317 e. The van der Waals surface area contributed by atoms with E-state index in [1.165, 1.54) is 0 Å². The fraction of sp³-hybridized carbons (Fsp3) is 0.421. The number of hydrogen-bond acceptors (Lipinski definition) is 7. The van der Waals surface area contributed by atoms with Gasteiger partial charge < -0.3 is 14.8 Å². The summed E-state index contributed by atoms with van der Waals surface area (Å²) in [7, 11) is 0. The fourth-order valence-electron chi connectivity index (χ4n) is 5.99. The number of rotatable bonds is 1. The van der Waals surface area contributed by atoms with Crippen molar-refractivity contribution < 1.29 is 19.4 Å². The summed E-state index contributed by atoms with van der Waals surface area (Å²) in [5, 5.41) is 11.8. The van der Waals surface area contributed by atoms with Gasteiger partial charge in [0.05, 0.1) is 21.3 Å². The van der Waals surface area contributed by atoms with Gasteiger partial charge in [-0.25, -0.2) is 0 Å². The first-order valence-electron chi connectivity index (χ1n) is 9.18. The highest BCUT2D eigenvalue weighted by atomic mass is 79.9. The number of nitrogens with one attached hydrogen (secondary N) is 1. The molecule has 2 aromatic rings. The van der Waals surface area contributed by atoms with Crippen LogP contribution in [0, 0.1) is 29.6 Å². The molecule has 29 heavy (non-hydrogen) atoms. The summed E-state index contributed by atoms with van der Waals surface area (Å²) in [5.74, 6) is -1.62. The van der Waals surface area contributed by atoms with Gasteiger partial charge in [-0.1, -0.05) is 27.3 Å². The minimum Gasteiger partial charge on any atom is -0.506 e. The predicted octanol–water partition coefficient (Wildman–Crippen LogP) is 3.85. The van der Waals surface area contributed by atoms with Crippen molar-refractivity contribution >= 4 is 66.9 Å². The standard InChI is InChI=1S/C19H13Br2NO5S2/c20-4-1-6(13(23)8(21)2-4)10-9-5-3-7(12-11(5)17(24)27-18(12)25)14(9)28-16-15(10)29-19(26)22-16/h1-2,5,7,9-12,14,23H,3H2,(H,22,26)/t5-,7+,9+,10-,11+,12+,14-/m0/s1. The van der Waals surface area contributed by atoms with Crippen LogP contribution in [-0.2, 0) is 14.3 Å². The number of esters is 2. The first kappa shape index (κ1) is 18.7. The molecule has 2 bridgehead atoms. The molecule has 1 aromatic carbocycles. The van der Waals surface area contributed by atoms with Crippen LogP contribution in [0.4, 0.5) is 0 Å². The predicted molar refractivity (Wildman–Crippen MR) is 113 cm³/mol. The summed E-state index contributed by atoms with van der Waals surface area (Å²) < 4.78 is 6.37. The van der Waals surface area contributed by atoms with Crippen LogP contribution in [0.3, 0.4) is 0 Å². The van der Waals surface area contributed by atoms with Crippen molar-refractivity contribution in [1.82, 2.24) is 4.98 Å². The summed E-state index contributed by atoms with van der Waals surface area (Å²) in [6.07, 6.45) is 0.796. The Morgan fingerprint density at radius 3 is 2.59 bits per heavy atom. The zero-order valence-corrected chi connectivity index (χ0v) is 19.4. The molecule has 2 aliphatic carbocycles. The molecule has 0 radical (unpaired) electrons. The number of thiazole rings is 1. The third-order valence-electron chi connectivity index (χ3n) is 6.85. The fourth-order valence-corrected chi connectivity index (χ4v) is 10.1. The number of hydrogen-bond donors (Lipinski definition) is 2. The van der Waals surface area contributed by atoms with Crippen LogP contribution in [0.25, 0.3) is 0 Å². The van der Waals surface area contributed by atoms with Crippen LogP contribution in [0.1, 0.15) is 22.8 Å². The number of halogens is 2. The zero-order valence-electron chi connectivity index (χ0n) is 14.6. The topological polar surface area (TPSA) is 96.5 Å². The normalized spacial score (nSPS) is 36.7. The highest BCUT2D eigenvalue weighted by Gasteiger charge is 2.69. The van der Waals surface area contributed by atoms with E-state index in [0.717, 1.165) is 37.7 Å². The number of phenols is 1. The molecule has 2 N–H and O–H groups in total. The Labute approximate surface area is 189 Å². The van der Waals surface area contributed by atoms with E-state index in [0.29, 0.717) is 4.47 Å².